The maximum Gasteiger partial charge on any atom is 0.138 e. The van der Waals surface area contributed by atoms with Gasteiger partial charge in [0.2, 0.25) is 0 Å². The van der Waals surface area contributed by atoms with Crippen LogP contribution in [-0.2, 0) is 0 Å². The van der Waals surface area contributed by atoms with E-state index in [9.17, 15) is 4.39 Å². The third-order valence-corrected chi connectivity index (χ3v) is 3.57. The van der Waals surface area contributed by atoms with E-state index in [0.717, 1.165) is 43.9 Å². The van der Waals surface area contributed by atoms with Gasteiger partial charge in [0.25, 0.3) is 0 Å². The molecule has 0 unspecified atom stereocenters. The molecule has 1 aliphatic heterocycles. The molecule has 1 atom stereocenters. The Bertz CT molecular complexity index is 544. The zero-order valence-electron chi connectivity index (χ0n) is 10.7. The van der Waals surface area contributed by atoms with E-state index in [2.05, 4.69) is 15.4 Å². The molecule has 19 heavy (non-hydrogen) atoms. The molecule has 0 spiro atoms. The maximum atomic E-state index is 13.3. The molecule has 0 amide bonds. The Morgan fingerprint density at radius 2 is 2.21 bits per heavy atom. The van der Waals surface area contributed by atoms with Gasteiger partial charge in [-0.3, -0.25) is 0 Å². The molecular formula is C14H17FN4. The molecule has 1 fully saturated rings. The summed E-state index contributed by atoms with van der Waals surface area (Å²) in [6.45, 7) is 2.06. The van der Waals surface area contributed by atoms with Crippen LogP contribution >= 0.6 is 0 Å². The summed E-state index contributed by atoms with van der Waals surface area (Å²) in [6, 6.07) is 6.49. The number of halogens is 1. The summed E-state index contributed by atoms with van der Waals surface area (Å²) in [7, 11) is 0. The van der Waals surface area contributed by atoms with Crippen molar-refractivity contribution in [2.75, 3.05) is 13.1 Å². The number of rotatable bonds is 2. The molecule has 0 saturated carbocycles. The van der Waals surface area contributed by atoms with Gasteiger partial charge in [0.15, 0.2) is 0 Å². The van der Waals surface area contributed by atoms with Gasteiger partial charge in [0.05, 0.1) is 5.69 Å². The topological polar surface area (TPSA) is 42.7 Å². The highest BCUT2D eigenvalue weighted by molar-refractivity contribution is 5.32. The Morgan fingerprint density at radius 3 is 3.11 bits per heavy atom. The van der Waals surface area contributed by atoms with Crippen molar-refractivity contribution in [3.63, 3.8) is 0 Å². The monoisotopic (exact) mass is 260 g/mol. The lowest BCUT2D eigenvalue weighted by Gasteiger charge is -2.14. The van der Waals surface area contributed by atoms with Crippen molar-refractivity contribution < 1.29 is 4.39 Å². The second kappa shape index (κ2) is 5.48. The Morgan fingerprint density at radius 1 is 1.26 bits per heavy atom. The summed E-state index contributed by atoms with van der Waals surface area (Å²) in [5.74, 6) is 1.08. The molecule has 5 heteroatoms. The molecule has 1 N–H and O–H groups in total. The van der Waals surface area contributed by atoms with Crippen molar-refractivity contribution >= 4 is 0 Å². The first kappa shape index (κ1) is 12.3. The smallest absolute Gasteiger partial charge is 0.138 e. The fourth-order valence-corrected chi connectivity index (χ4v) is 2.61. The van der Waals surface area contributed by atoms with Crippen LogP contribution in [0, 0.1) is 5.82 Å². The van der Waals surface area contributed by atoms with Crippen molar-refractivity contribution in [1.82, 2.24) is 20.1 Å². The van der Waals surface area contributed by atoms with E-state index in [1.54, 1.807) is 17.1 Å². The Balaban J connectivity index is 1.93. The van der Waals surface area contributed by atoms with E-state index >= 15 is 0 Å². The lowest BCUT2D eigenvalue weighted by molar-refractivity contribution is 0.556. The third kappa shape index (κ3) is 2.66. The zero-order chi connectivity index (χ0) is 13.1. The van der Waals surface area contributed by atoms with Gasteiger partial charge in [0, 0.05) is 5.92 Å². The quantitative estimate of drug-likeness (QED) is 0.900. The lowest BCUT2D eigenvalue weighted by atomic mass is 10.00. The number of hydrogen-bond acceptors (Lipinski definition) is 3. The highest BCUT2D eigenvalue weighted by Crippen LogP contribution is 2.26. The van der Waals surface area contributed by atoms with Crippen molar-refractivity contribution in [2.45, 2.75) is 25.2 Å². The van der Waals surface area contributed by atoms with Gasteiger partial charge < -0.3 is 5.32 Å². The minimum Gasteiger partial charge on any atom is -0.317 e. The average Bonchev–Trinajstić information content (AvgIpc) is 2.75. The van der Waals surface area contributed by atoms with Gasteiger partial charge in [0.1, 0.15) is 18.0 Å². The van der Waals surface area contributed by atoms with Crippen LogP contribution in [0.1, 0.15) is 31.0 Å². The van der Waals surface area contributed by atoms with Crippen LogP contribution in [0.3, 0.4) is 0 Å². The summed E-state index contributed by atoms with van der Waals surface area (Å²) >= 11 is 0. The fraction of sp³-hybridized carbons (Fsp3) is 0.429. The first-order valence-electron chi connectivity index (χ1n) is 6.71. The van der Waals surface area contributed by atoms with Gasteiger partial charge in [-0.25, -0.2) is 14.1 Å². The number of benzene rings is 1. The second-order valence-electron chi connectivity index (χ2n) is 4.89. The molecule has 100 valence electrons. The summed E-state index contributed by atoms with van der Waals surface area (Å²) in [5.41, 5.74) is 0.740. The second-order valence-corrected chi connectivity index (χ2v) is 4.89. The van der Waals surface area contributed by atoms with Crippen LogP contribution in [0.5, 0.6) is 0 Å². The van der Waals surface area contributed by atoms with Gasteiger partial charge in [-0.2, -0.15) is 5.10 Å². The molecule has 1 aromatic carbocycles. The summed E-state index contributed by atoms with van der Waals surface area (Å²) < 4.78 is 15.1. The van der Waals surface area contributed by atoms with Crippen LogP contribution in [0.25, 0.3) is 5.69 Å². The standard InChI is InChI=1S/C14H17FN4/c15-12-4-1-5-13(9-12)19-14(17-10-18-19)11-3-2-7-16-8-6-11/h1,4-5,9-11,16H,2-3,6-8H2/t11-/m1/s1. The van der Waals surface area contributed by atoms with Crippen molar-refractivity contribution in [3.8, 4) is 5.69 Å². The minimum absolute atomic E-state index is 0.249. The molecule has 1 saturated heterocycles. The summed E-state index contributed by atoms with van der Waals surface area (Å²) in [6.07, 6.45) is 4.84. The highest BCUT2D eigenvalue weighted by Gasteiger charge is 2.20. The largest absolute Gasteiger partial charge is 0.317 e. The average molecular weight is 260 g/mol. The molecule has 0 radical (unpaired) electrons. The maximum absolute atomic E-state index is 13.3. The molecule has 1 aromatic heterocycles. The Labute approximate surface area is 111 Å². The van der Waals surface area contributed by atoms with Gasteiger partial charge in [-0.05, 0) is 50.6 Å². The Kier molecular flexibility index (Phi) is 3.55. The molecular weight excluding hydrogens is 243 g/mol. The molecule has 0 aliphatic carbocycles. The van der Waals surface area contributed by atoms with Crippen LogP contribution in [-0.4, -0.2) is 27.9 Å². The third-order valence-electron chi connectivity index (χ3n) is 3.57. The van der Waals surface area contributed by atoms with Crippen LogP contribution in [0.4, 0.5) is 4.39 Å². The van der Waals surface area contributed by atoms with E-state index in [1.165, 1.54) is 12.1 Å². The van der Waals surface area contributed by atoms with E-state index < -0.39 is 0 Å². The van der Waals surface area contributed by atoms with Crippen molar-refractivity contribution in [1.29, 1.82) is 0 Å². The van der Waals surface area contributed by atoms with E-state index in [-0.39, 0.29) is 5.82 Å². The highest BCUT2D eigenvalue weighted by atomic mass is 19.1. The number of hydrogen-bond donors (Lipinski definition) is 1. The van der Waals surface area contributed by atoms with E-state index in [4.69, 9.17) is 0 Å². The van der Waals surface area contributed by atoms with Crippen LogP contribution in [0.2, 0.25) is 0 Å². The number of nitrogens with zero attached hydrogens (tertiary/aromatic N) is 3. The molecule has 3 rings (SSSR count). The molecule has 1 aliphatic rings. The summed E-state index contributed by atoms with van der Waals surface area (Å²) in [5, 5.41) is 7.64. The first-order valence-corrected chi connectivity index (χ1v) is 6.71. The van der Waals surface area contributed by atoms with E-state index in [1.807, 2.05) is 6.07 Å². The first-order chi connectivity index (χ1) is 9.34. The SMILES string of the molecule is Fc1cccc(-n2ncnc2[C@@H]2CCCNCC2)c1. The zero-order valence-corrected chi connectivity index (χ0v) is 10.7. The molecule has 4 nitrogen and oxygen atoms in total. The Hall–Kier alpha value is -1.75. The van der Waals surface area contributed by atoms with Crippen LogP contribution < -0.4 is 5.32 Å². The predicted octanol–water partition coefficient (Wildman–Crippen LogP) is 2.26. The number of aromatic nitrogens is 3. The number of nitrogens with one attached hydrogen (secondary N) is 1. The molecule has 2 aromatic rings. The van der Waals surface area contributed by atoms with Gasteiger partial charge in [-0.1, -0.05) is 6.07 Å². The van der Waals surface area contributed by atoms with Gasteiger partial charge >= 0.3 is 0 Å². The summed E-state index contributed by atoms with van der Waals surface area (Å²) in [4.78, 5) is 4.39. The lowest BCUT2D eigenvalue weighted by Crippen LogP contribution is -2.15. The minimum atomic E-state index is -0.249. The fourth-order valence-electron chi connectivity index (χ4n) is 2.61. The normalized spacial score (nSPS) is 20.2. The molecule has 2 heterocycles. The van der Waals surface area contributed by atoms with Crippen molar-refractivity contribution in [3.05, 3.63) is 42.2 Å². The predicted molar refractivity (Wildman–Crippen MR) is 70.8 cm³/mol. The molecule has 0 bridgehead atoms. The van der Waals surface area contributed by atoms with Gasteiger partial charge in [-0.15, -0.1) is 0 Å². The van der Waals surface area contributed by atoms with Crippen LogP contribution in [0.15, 0.2) is 30.6 Å². The van der Waals surface area contributed by atoms with E-state index in [0.29, 0.717) is 5.92 Å². The van der Waals surface area contributed by atoms with Crippen molar-refractivity contribution in [2.24, 2.45) is 0 Å².